The molecule has 0 radical (unpaired) electrons. The van der Waals surface area contributed by atoms with Gasteiger partial charge in [-0.3, -0.25) is 9.59 Å². The summed E-state index contributed by atoms with van der Waals surface area (Å²) in [6.07, 6.45) is 3.03. The molecule has 0 spiro atoms. The van der Waals surface area contributed by atoms with E-state index in [4.69, 9.17) is 10.8 Å². The second-order valence-electron chi connectivity index (χ2n) is 5.88. The largest absolute Gasteiger partial charge is 0.481 e. The predicted molar refractivity (Wildman–Crippen MR) is 75.7 cm³/mol. The van der Waals surface area contributed by atoms with Crippen molar-refractivity contribution < 1.29 is 14.7 Å². The van der Waals surface area contributed by atoms with E-state index in [1.165, 1.54) is 0 Å². The van der Waals surface area contributed by atoms with Gasteiger partial charge in [0.1, 0.15) is 0 Å². The standard InChI is InChI=1S/C14H28N2O3/c1-4-11(9-13(18)19)10-16-12(17)5-6-14(2,3)7-8-15/h11H,4-10,15H2,1-3H3,(H,16,17)(H,18,19). The van der Waals surface area contributed by atoms with Crippen molar-refractivity contribution in [2.24, 2.45) is 17.1 Å². The summed E-state index contributed by atoms with van der Waals surface area (Å²) in [5.74, 6) is -0.808. The quantitative estimate of drug-likeness (QED) is 0.565. The predicted octanol–water partition coefficient (Wildman–Crippen LogP) is 1.76. The smallest absolute Gasteiger partial charge is 0.303 e. The summed E-state index contributed by atoms with van der Waals surface area (Å²) in [6.45, 7) is 7.22. The fourth-order valence-electron chi connectivity index (χ4n) is 1.92. The molecule has 0 bridgehead atoms. The maximum Gasteiger partial charge on any atom is 0.303 e. The summed E-state index contributed by atoms with van der Waals surface area (Å²) in [4.78, 5) is 22.3. The van der Waals surface area contributed by atoms with Gasteiger partial charge < -0.3 is 16.2 Å². The second kappa shape index (κ2) is 8.91. The van der Waals surface area contributed by atoms with Crippen LogP contribution in [-0.4, -0.2) is 30.1 Å². The molecular formula is C14H28N2O3. The van der Waals surface area contributed by atoms with Crippen molar-refractivity contribution in [3.63, 3.8) is 0 Å². The van der Waals surface area contributed by atoms with Crippen LogP contribution in [0.3, 0.4) is 0 Å². The maximum absolute atomic E-state index is 11.7. The van der Waals surface area contributed by atoms with Crippen LogP contribution in [0.5, 0.6) is 0 Å². The highest BCUT2D eigenvalue weighted by atomic mass is 16.4. The summed E-state index contributed by atoms with van der Waals surface area (Å²) in [5, 5.41) is 11.5. The lowest BCUT2D eigenvalue weighted by Gasteiger charge is -2.23. The summed E-state index contributed by atoms with van der Waals surface area (Å²) in [6, 6.07) is 0. The third-order valence-corrected chi connectivity index (χ3v) is 3.48. The van der Waals surface area contributed by atoms with E-state index >= 15 is 0 Å². The van der Waals surface area contributed by atoms with Gasteiger partial charge in [-0.25, -0.2) is 0 Å². The minimum absolute atomic E-state index is 0.00562. The zero-order valence-corrected chi connectivity index (χ0v) is 12.4. The number of carbonyl (C=O) groups excluding carboxylic acids is 1. The summed E-state index contributed by atoms with van der Waals surface area (Å²) < 4.78 is 0. The highest BCUT2D eigenvalue weighted by Gasteiger charge is 2.19. The number of rotatable bonds is 10. The van der Waals surface area contributed by atoms with E-state index in [0.717, 1.165) is 19.3 Å². The van der Waals surface area contributed by atoms with E-state index in [-0.39, 0.29) is 23.7 Å². The van der Waals surface area contributed by atoms with E-state index in [0.29, 0.717) is 19.5 Å². The van der Waals surface area contributed by atoms with Crippen molar-refractivity contribution >= 4 is 11.9 Å². The first kappa shape index (κ1) is 17.9. The van der Waals surface area contributed by atoms with Crippen LogP contribution in [0.15, 0.2) is 0 Å². The van der Waals surface area contributed by atoms with Gasteiger partial charge in [0.25, 0.3) is 0 Å². The molecule has 0 saturated carbocycles. The molecule has 0 aromatic carbocycles. The van der Waals surface area contributed by atoms with Gasteiger partial charge in [0.2, 0.25) is 5.91 Å². The number of nitrogens with two attached hydrogens (primary N) is 1. The number of carboxylic acids is 1. The molecule has 0 aromatic heterocycles. The van der Waals surface area contributed by atoms with Gasteiger partial charge in [-0.1, -0.05) is 27.2 Å². The lowest BCUT2D eigenvalue weighted by molar-refractivity contribution is -0.138. The van der Waals surface area contributed by atoms with Crippen LogP contribution in [0.1, 0.15) is 52.9 Å². The monoisotopic (exact) mass is 272 g/mol. The average molecular weight is 272 g/mol. The Morgan fingerprint density at radius 2 is 1.95 bits per heavy atom. The van der Waals surface area contributed by atoms with E-state index in [1.54, 1.807) is 0 Å². The molecule has 0 aliphatic heterocycles. The number of aliphatic carboxylic acids is 1. The Labute approximate surface area is 115 Å². The fraction of sp³-hybridized carbons (Fsp3) is 0.857. The van der Waals surface area contributed by atoms with Gasteiger partial charge in [0, 0.05) is 19.4 Å². The van der Waals surface area contributed by atoms with Gasteiger partial charge in [-0.15, -0.1) is 0 Å². The first-order chi connectivity index (χ1) is 8.80. The zero-order chi connectivity index (χ0) is 14.9. The lowest BCUT2D eigenvalue weighted by atomic mass is 9.84. The van der Waals surface area contributed by atoms with Crippen molar-refractivity contribution in [1.29, 1.82) is 0 Å². The van der Waals surface area contributed by atoms with E-state index in [9.17, 15) is 9.59 Å². The third-order valence-electron chi connectivity index (χ3n) is 3.48. The first-order valence-corrected chi connectivity index (χ1v) is 6.99. The fourth-order valence-corrected chi connectivity index (χ4v) is 1.92. The van der Waals surface area contributed by atoms with Gasteiger partial charge >= 0.3 is 5.97 Å². The summed E-state index contributed by atoms with van der Waals surface area (Å²) in [5.41, 5.74) is 5.61. The summed E-state index contributed by atoms with van der Waals surface area (Å²) >= 11 is 0. The Kier molecular flexibility index (Phi) is 8.39. The van der Waals surface area contributed by atoms with Crippen molar-refractivity contribution in [1.82, 2.24) is 5.32 Å². The average Bonchev–Trinajstić information content (AvgIpc) is 2.31. The molecule has 0 rings (SSSR count). The minimum Gasteiger partial charge on any atom is -0.481 e. The molecule has 0 aromatic rings. The lowest BCUT2D eigenvalue weighted by Crippen LogP contribution is -2.31. The third kappa shape index (κ3) is 9.47. The molecule has 0 heterocycles. The highest BCUT2D eigenvalue weighted by Crippen LogP contribution is 2.25. The number of nitrogens with one attached hydrogen (secondary N) is 1. The molecule has 4 N–H and O–H groups in total. The number of hydrogen-bond acceptors (Lipinski definition) is 3. The van der Waals surface area contributed by atoms with Gasteiger partial charge in [0.05, 0.1) is 0 Å². The van der Waals surface area contributed by atoms with Gasteiger partial charge in [0.15, 0.2) is 0 Å². The summed E-state index contributed by atoms with van der Waals surface area (Å²) in [7, 11) is 0. The van der Waals surface area contributed by atoms with Crippen LogP contribution < -0.4 is 11.1 Å². The van der Waals surface area contributed by atoms with Crippen LogP contribution in [-0.2, 0) is 9.59 Å². The number of amides is 1. The van der Waals surface area contributed by atoms with Crippen molar-refractivity contribution in [3.05, 3.63) is 0 Å². The Morgan fingerprint density at radius 3 is 2.42 bits per heavy atom. The van der Waals surface area contributed by atoms with E-state index in [2.05, 4.69) is 19.2 Å². The van der Waals surface area contributed by atoms with Crippen molar-refractivity contribution in [3.8, 4) is 0 Å². The van der Waals surface area contributed by atoms with Crippen molar-refractivity contribution in [2.75, 3.05) is 13.1 Å². The van der Waals surface area contributed by atoms with E-state index in [1.807, 2.05) is 6.92 Å². The van der Waals surface area contributed by atoms with Crippen LogP contribution >= 0.6 is 0 Å². The van der Waals surface area contributed by atoms with E-state index < -0.39 is 5.97 Å². The minimum atomic E-state index is -0.815. The molecule has 0 fully saturated rings. The molecule has 19 heavy (non-hydrogen) atoms. The molecule has 5 nitrogen and oxygen atoms in total. The molecule has 1 unspecified atom stereocenters. The Balaban J connectivity index is 3.94. The number of carbonyl (C=O) groups is 2. The van der Waals surface area contributed by atoms with Gasteiger partial charge in [-0.05, 0) is 30.7 Å². The second-order valence-corrected chi connectivity index (χ2v) is 5.88. The molecule has 1 atom stereocenters. The molecule has 0 saturated heterocycles. The SMILES string of the molecule is CCC(CNC(=O)CCC(C)(C)CCN)CC(=O)O. The topological polar surface area (TPSA) is 92.4 Å². The number of hydrogen-bond donors (Lipinski definition) is 3. The van der Waals surface area contributed by atoms with Crippen LogP contribution in [0.25, 0.3) is 0 Å². The van der Waals surface area contributed by atoms with Crippen molar-refractivity contribution in [2.45, 2.75) is 52.9 Å². The van der Waals surface area contributed by atoms with Gasteiger partial charge in [-0.2, -0.15) is 0 Å². The maximum atomic E-state index is 11.7. The molecule has 1 amide bonds. The Morgan fingerprint density at radius 1 is 1.32 bits per heavy atom. The highest BCUT2D eigenvalue weighted by molar-refractivity contribution is 5.76. The van der Waals surface area contributed by atoms with Crippen LogP contribution in [0.2, 0.25) is 0 Å². The molecule has 0 aliphatic rings. The zero-order valence-electron chi connectivity index (χ0n) is 12.4. The van der Waals surface area contributed by atoms with Crippen LogP contribution in [0.4, 0.5) is 0 Å². The first-order valence-electron chi connectivity index (χ1n) is 6.99. The molecule has 112 valence electrons. The molecular weight excluding hydrogens is 244 g/mol. The Hall–Kier alpha value is -1.10. The number of carboxylic acid groups (broad SMARTS) is 1. The Bertz CT molecular complexity index is 290. The molecule has 0 aliphatic carbocycles. The molecule has 5 heteroatoms. The van der Waals surface area contributed by atoms with Crippen LogP contribution in [0, 0.1) is 11.3 Å². The normalized spacial score (nSPS) is 13.1.